The zero-order valence-electron chi connectivity index (χ0n) is 20.7. The lowest BCUT2D eigenvalue weighted by Crippen LogP contribution is -2.26. The molecule has 2 aliphatic heterocycles. The molecule has 0 amide bonds. The summed E-state index contributed by atoms with van der Waals surface area (Å²) in [6.07, 6.45) is 2.12. The molecule has 0 aliphatic carbocycles. The predicted molar refractivity (Wildman–Crippen MR) is 144 cm³/mol. The highest BCUT2D eigenvalue weighted by Crippen LogP contribution is 2.48. The first-order valence-electron chi connectivity index (χ1n) is 12.6. The SMILES string of the molecule is CC[C@@H]1CCN(CCOc2ccc(C3Oc4cc(O)ccc4C(C)=C3c3ccc(O)c(Cl)c3)cc2)C1. The molecule has 0 bridgehead atoms. The Morgan fingerprint density at radius 3 is 2.58 bits per heavy atom. The van der Waals surface area contributed by atoms with Crippen LogP contribution in [0.5, 0.6) is 23.0 Å². The minimum Gasteiger partial charge on any atom is -0.508 e. The van der Waals surface area contributed by atoms with Gasteiger partial charge in [0, 0.05) is 30.3 Å². The summed E-state index contributed by atoms with van der Waals surface area (Å²) >= 11 is 6.26. The van der Waals surface area contributed by atoms with Crippen molar-refractivity contribution in [2.45, 2.75) is 32.8 Å². The van der Waals surface area contributed by atoms with Crippen molar-refractivity contribution in [2.75, 3.05) is 26.2 Å². The number of benzene rings is 3. The topological polar surface area (TPSA) is 62.2 Å². The minimum atomic E-state index is -0.412. The smallest absolute Gasteiger partial charge is 0.150 e. The molecule has 2 N–H and O–H groups in total. The molecule has 0 spiro atoms. The summed E-state index contributed by atoms with van der Waals surface area (Å²) in [5.41, 5.74) is 4.73. The molecule has 2 aliphatic rings. The number of hydrogen-bond acceptors (Lipinski definition) is 5. The minimum absolute atomic E-state index is 0.0397. The van der Waals surface area contributed by atoms with E-state index in [0.717, 1.165) is 52.6 Å². The summed E-state index contributed by atoms with van der Waals surface area (Å²) in [6, 6.07) is 18.4. The summed E-state index contributed by atoms with van der Waals surface area (Å²) < 4.78 is 12.5. The van der Waals surface area contributed by atoms with Gasteiger partial charge in [0.25, 0.3) is 0 Å². The van der Waals surface area contributed by atoms with Crippen molar-refractivity contribution in [3.63, 3.8) is 0 Å². The van der Waals surface area contributed by atoms with Crippen LogP contribution in [0.15, 0.2) is 60.7 Å². The molecule has 5 nitrogen and oxygen atoms in total. The molecule has 2 heterocycles. The second-order valence-electron chi connectivity index (χ2n) is 9.66. The Morgan fingerprint density at radius 1 is 1.06 bits per heavy atom. The van der Waals surface area contributed by atoms with Crippen LogP contribution in [0.1, 0.15) is 49.5 Å². The Hall–Kier alpha value is -3.15. The van der Waals surface area contributed by atoms with Crippen LogP contribution in [-0.2, 0) is 0 Å². The van der Waals surface area contributed by atoms with Crippen LogP contribution >= 0.6 is 11.6 Å². The van der Waals surface area contributed by atoms with Crippen LogP contribution in [0.4, 0.5) is 0 Å². The van der Waals surface area contributed by atoms with E-state index in [2.05, 4.69) is 11.8 Å². The lowest BCUT2D eigenvalue weighted by atomic mass is 9.86. The highest BCUT2D eigenvalue weighted by Gasteiger charge is 2.30. The monoisotopic (exact) mass is 505 g/mol. The Labute approximate surface area is 217 Å². The maximum Gasteiger partial charge on any atom is 0.150 e. The molecular formula is C30H32ClNO4. The van der Waals surface area contributed by atoms with Crippen molar-refractivity contribution >= 4 is 22.7 Å². The second kappa shape index (κ2) is 10.5. The quantitative estimate of drug-likeness (QED) is 0.364. The molecule has 0 radical (unpaired) electrons. The van der Waals surface area contributed by atoms with Gasteiger partial charge in [-0.25, -0.2) is 0 Å². The first-order valence-corrected chi connectivity index (χ1v) is 13.0. The average Bonchev–Trinajstić information content (AvgIpc) is 3.34. The summed E-state index contributed by atoms with van der Waals surface area (Å²) in [4.78, 5) is 2.48. The first-order chi connectivity index (χ1) is 17.4. The van der Waals surface area contributed by atoms with Crippen molar-refractivity contribution in [2.24, 2.45) is 5.92 Å². The van der Waals surface area contributed by atoms with Crippen molar-refractivity contribution in [1.29, 1.82) is 0 Å². The fourth-order valence-corrected chi connectivity index (χ4v) is 5.38. The molecule has 1 saturated heterocycles. The van der Waals surface area contributed by atoms with Crippen molar-refractivity contribution in [3.8, 4) is 23.0 Å². The number of nitrogens with zero attached hydrogens (tertiary/aromatic N) is 1. The molecule has 2 atom stereocenters. The molecule has 3 aromatic carbocycles. The van der Waals surface area contributed by atoms with Gasteiger partial charge in [-0.3, -0.25) is 4.90 Å². The van der Waals surface area contributed by atoms with Gasteiger partial charge in [-0.05, 0) is 78.9 Å². The second-order valence-corrected chi connectivity index (χ2v) is 10.1. The molecule has 5 rings (SSSR count). The number of halogens is 1. The zero-order valence-corrected chi connectivity index (χ0v) is 21.5. The molecule has 188 valence electrons. The van der Waals surface area contributed by atoms with Gasteiger partial charge in [0.15, 0.2) is 0 Å². The number of phenolic OH excluding ortho intramolecular Hbond substituents is 2. The van der Waals surface area contributed by atoms with E-state index in [1.807, 2.05) is 43.3 Å². The normalized spacial score (nSPS) is 19.8. The van der Waals surface area contributed by atoms with Crippen LogP contribution in [0.25, 0.3) is 11.1 Å². The Morgan fingerprint density at radius 2 is 1.86 bits per heavy atom. The number of fused-ring (bicyclic) bond motifs is 1. The summed E-state index contributed by atoms with van der Waals surface area (Å²) in [5, 5.41) is 20.3. The number of aromatic hydroxyl groups is 2. The summed E-state index contributed by atoms with van der Waals surface area (Å²) in [5.74, 6) is 2.47. The van der Waals surface area contributed by atoms with Crippen molar-refractivity contribution in [3.05, 3.63) is 82.4 Å². The number of phenols is 2. The van der Waals surface area contributed by atoms with Crippen molar-refractivity contribution in [1.82, 2.24) is 4.90 Å². The molecule has 0 aromatic heterocycles. The van der Waals surface area contributed by atoms with E-state index in [0.29, 0.717) is 12.4 Å². The van der Waals surface area contributed by atoms with E-state index in [1.54, 1.807) is 24.3 Å². The largest absolute Gasteiger partial charge is 0.508 e. The lowest BCUT2D eigenvalue weighted by Gasteiger charge is -2.31. The fraction of sp³-hybridized carbons (Fsp3) is 0.333. The number of hydrogen-bond donors (Lipinski definition) is 2. The van der Waals surface area contributed by atoms with Crippen LogP contribution in [-0.4, -0.2) is 41.4 Å². The van der Waals surface area contributed by atoms with Gasteiger partial charge in [0.2, 0.25) is 0 Å². The number of rotatable bonds is 7. The van der Waals surface area contributed by atoms with Gasteiger partial charge in [0.05, 0.1) is 5.02 Å². The third-order valence-electron chi connectivity index (χ3n) is 7.35. The number of allylic oxidation sites excluding steroid dienone is 1. The van der Waals surface area contributed by atoms with Crippen LogP contribution in [0.3, 0.4) is 0 Å². The van der Waals surface area contributed by atoms with Gasteiger partial charge in [-0.1, -0.05) is 43.1 Å². The lowest BCUT2D eigenvalue weighted by molar-refractivity contribution is 0.232. The maximum absolute atomic E-state index is 10.0. The molecule has 0 saturated carbocycles. The molecule has 1 unspecified atom stereocenters. The molecule has 1 fully saturated rings. The highest BCUT2D eigenvalue weighted by molar-refractivity contribution is 6.32. The highest BCUT2D eigenvalue weighted by atomic mass is 35.5. The van der Waals surface area contributed by atoms with Crippen LogP contribution < -0.4 is 9.47 Å². The molecule has 3 aromatic rings. The van der Waals surface area contributed by atoms with Crippen molar-refractivity contribution < 1.29 is 19.7 Å². The molecule has 36 heavy (non-hydrogen) atoms. The Kier molecular flexibility index (Phi) is 7.13. The maximum atomic E-state index is 10.0. The number of likely N-dealkylation sites (tertiary alicyclic amines) is 1. The van der Waals surface area contributed by atoms with E-state index >= 15 is 0 Å². The molecular weight excluding hydrogens is 474 g/mol. The average molecular weight is 506 g/mol. The summed E-state index contributed by atoms with van der Waals surface area (Å²) in [6.45, 7) is 8.25. The molecule has 6 heteroatoms. The predicted octanol–water partition coefficient (Wildman–Crippen LogP) is 6.93. The van der Waals surface area contributed by atoms with Gasteiger partial charge in [0.1, 0.15) is 35.7 Å². The first kappa shape index (κ1) is 24.5. The van der Waals surface area contributed by atoms with Gasteiger partial charge < -0.3 is 19.7 Å². The van der Waals surface area contributed by atoms with E-state index in [1.165, 1.54) is 19.4 Å². The Bertz CT molecular complexity index is 1270. The van der Waals surface area contributed by atoms with E-state index in [9.17, 15) is 10.2 Å². The third-order valence-corrected chi connectivity index (χ3v) is 7.65. The summed E-state index contributed by atoms with van der Waals surface area (Å²) in [7, 11) is 0. The van der Waals surface area contributed by atoms with E-state index in [4.69, 9.17) is 21.1 Å². The zero-order chi connectivity index (χ0) is 25.2. The van der Waals surface area contributed by atoms with Gasteiger partial charge in [-0.15, -0.1) is 0 Å². The van der Waals surface area contributed by atoms with E-state index < -0.39 is 6.10 Å². The third kappa shape index (κ3) is 5.04. The Balaban J connectivity index is 1.38. The van der Waals surface area contributed by atoms with Gasteiger partial charge in [-0.2, -0.15) is 0 Å². The van der Waals surface area contributed by atoms with Crippen LogP contribution in [0.2, 0.25) is 5.02 Å². The standard InChI is InChI=1S/C30H32ClNO4/c1-3-20-12-13-32(18-20)14-15-35-24-8-4-21(5-9-24)30-29(22-6-11-27(34)26(31)16-22)19(2)25-10-7-23(33)17-28(25)36-30/h4-11,16-17,20,30,33-34H,3,12-15,18H2,1-2H3/t20-,30?/m1/s1. The fourth-order valence-electron chi connectivity index (χ4n) is 5.20. The van der Waals surface area contributed by atoms with Crippen LogP contribution in [0, 0.1) is 5.92 Å². The van der Waals surface area contributed by atoms with E-state index in [-0.39, 0.29) is 16.5 Å². The number of ether oxygens (including phenoxy) is 2. The van der Waals surface area contributed by atoms with Gasteiger partial charge >= 0.3 is 0 Å².